The smallest absolute Gasteiger partial charge is 0.266 e. The summed E-state index contributed by atoms with van der Waals surface area (Å²) in [4.78, 5) is 12.4. The van der Waals surface area contributed by atoms with E-state index in [9.17, 15) is 10.1 Å². The molecule has 0 saturated carbocycles. The third kappa shape index (κ3) is 6.21. The van der Waals surface area contributed by atoms with E-state index in [1.165, 1.54) is 6.08 Å². The van der Waals surface area contributed by atoms with Crippen LogP contribution in [-0.2, 0) is 11.4 Å². The molecule has 3 aromatic rings. The molecule has 0 fully saturated rings. The number of hydrogen-bond acceptors (Lipinski definition) is 3. The zero-order valence-electron chi connectivity index (χ0n) is 15.2. The molecule has 0 atom stereocenters. The Balaban J connectivity index is 1.70. The van der Waals surface area contributed by atoms with Crippen molar-refractivity contribution in [3.63, 3.8) is 0 Å². The molecule has 0 bridgehead atoms. The maximum absolute atomic E-state index is 12.4. The standard InChI is InChI=1S/C23H16BrClN2O2/c24-19-7-9-21(10-8-19)27-23(28)18(14-26)11-16-3-2-6-22(13-16)29-15-17-4-1-5-20(25)12-17/h1-13H,15H2,(H,27,28)/b18-11-. The third-order valence-corrected chi connectivity index (χ3v) is 4.69. The molecule has 3 rings (SSSR count). The lowest BCUT2D eigenvalue weighted by Crippen LogP contribution is -2.13. The van der Waals surface area contributed by atoms with Gasteiger partial charge in [0.1, 0.15) is 24.0 Å². The van der Waals surface area contributed by atoms with Crippen LogP contribution in [0.3, 0.4) is 0 Å². The van der Waals surface area contributed by atoms with Gasteiger partial charge < -0.3 is 10.1 Å². The van der Waals surface area contributed by atoms with Gasteiger partial charge in [-0.05, 0) is 65.7 Å². The van der Waals surface area contributed by atoms with Crippen molar-refractivity contribution in [2.24, 2.45) is 0 Å². The fourth-order valence-electron chi connectivity index (χ4n) is 2.53. The number of nitriles is 1. The van der Waals surface area contributed by atoms with Crippen LogP contribution in [0.5, 0.6) is 5.75 Å². The van der Waals surface area contributed by atoms with Crippen molar-refractivity contribution in [1.29, 1.82) is 5.26 Å². The molecule has 0 aliphatic heterocycles. The van der Waals surface area contributed by atoms with Crippen LogP contribution >= 0.6 is 27.5 Å². The van der Waals surface area contributed by atoms with E-state index in [2.05, 4.69) is 21.2 Å². The van der Waals surface area contributed by atoms with Crippen molar-refractivity contribution >= 4 is 45.2 Å². The summed E-state index contributed by atoms with van der Waals surface area (Å²) >= 11 is 9.33. The normalized spacial score (nSPS) is 10.9. The molecule has 6 heteroatoms. The minimum Gasteiger partial charge on any atom is -0.489 e. The van der Waals surface area contributed by atoms with Crippen LogP contribution in [-0.4, -0.2) is 5.91 Å². The van der Waals surface area contributed by atoms with Gasteiger partial charge in [0, 0.05) is 15.2 Å². The Morgan fingerprint density at radius 3 is 2.59 bits per heavy atom. The molecular weight excluding hydrogens is 452 g/mol. The van der Waals surface area contributed by atoms with Crippen LogP contribution in [0.2, 0.25) is 5.02 Å². The van der Waals surface area contributed by atoms with E-state index in [4.69, 9.17) is 16.3 Å². The van der Waals surface area contributed by atoms with Crippen molar-refractivity contribution in [3.05, 3.63) is 99.0 Å². The average Bonchev–Trinajstić information content (AvgIpc) is 2.72. The first kappa shape index (κ1) is 20.7. The summed E-state index contributed by atoms with van der Waals surface area (Å²) < 4.78 is 6.70. The molecule has 3 aromatic carbocycles. The Hall–Kier alpha value is -3.07. The molecule has 4 nitrogen and oxygen atoms in total. The number of benzene rings is 3. The van der Waals surface area contributed by atoms with Crippen LogP contribution < -0.4 is 10.1 Å². The summed E-state index contributed by atoms with van der Waals surface area (Å²) in [5.41, 5.74) is 2.25. The number of amides is 1. The molecule has 1 N–H and O–H groups in total. The number of nitrogens with zero attached hydrogens (tertiary/aromatic N) is 1. The minimum atomic E-state index is -0.472. The van der Waals surface area contributed by atoms with Crippen LogP contribution in [0.1, 0.15) is 11.1 Å². The molecule has 0 aromatic heterocycles. The number of ether oxygens (including phenoxy) is 1. The molecule has 144 valence electrons. The first-order chi connectivity index (χ1) is 14.0. The second kappa shape index (κ2) is 9.92. The number of halogens is 2. The van der Waals surface area contributed by atoms with E-state index >= 15 is 0 Å². The molecule has 0 heterocycles. The number of carbonyl (C=O) groups excluding carboxylic acids is 1. The van der Waals surface area contributed by atoms with Gasteiger partial charge in [-0.25, -0.2) is 0 Å². The summed E-state index contributed by atoms with van der Waals surface area (Å²) in [7, 11) is 0. The summed E-state index contributed by atoms with van der Waals surface area (Å²) in [6.07, 6.45) is 1.53. The molecule has 1 amide bonds. The molecule has 0 spiro atoms. The van der Waals surface area contributed by atoms with Gasteiger partial charge in [0.05, 0.1) is 0 Å². The molecule has 0 aliphatic rings. The van der Waals surface area contributed by atoms with Gasteiger partial charge in [0.15, 0.2) is 0 Å². The minimum absolute atomic E-state index is 0.0000834. The number of nitrogens with one attached hydrogen (secondary N) is 1. The van der Waals surface area contributed by atoms with Gasteiger partial charge in [0.25, 0.3) is 5.91 Å². The van der Waals surface area contributed by atoms with Crippen LogP contribution in [0.15, 0.2) is 82.8 Å². The SMILES string of the molecule is N#C/C(=C/c1cccc(OCc2cccc(Cl)c2)c1)C(=O)Nc1ccc(Br)cc1. The zero-order chi connectivity index (χ0) is 20.6. The lowest BCUT2D eigenvalue weighted by atomic mass is 10.1. The third-order valence-electron chi connectivity index (χ3n) is 3.93. The van der Waals surface area contributed by atoms with E-state index in [1.807, 2.05) is 42.5 Å². The molecule has 0 aliphatic carbocycles. The van der Waals surface area contributed by atoms with Crippen molar-refractivity contribution in [2.75, 3.05) is 5.32 Å². The number of anilines is 1. The predicted molar refractivity (Wildman–Crippen MR) is 119 cm³/mol. The highest BCUT2D eigenvalue weighted by Gasteiger charge is 2.10. The van der Waals surface area contributed by atoms with E-state index < -0.39 is 5.91 Å². The quantitative estimate of drug-likeness (QED) is 0.345. The van der Waals surface area contributed by atoms with Gasteiger partial charge in [-0.2, -0.15) is 5.26 Å². The monoisotopic (exact) mass is 466 g/mol. The molecule has 0 radical (unpaired) electrons. The number of carbonyl (C=O) groups is 1. The largest absolute Gasteiger partial charge is 0.489 e. The first-order valence-electron chi connectivity index (χ1n) is 8.69. The highest BCUT2D eigenvalue weighted by atomic mass is 79.9. The first-order valence-corrected chi connectivity index (χ1v) is 9.86. The highest BCUT2D eigenvalue weighted by molar-refractivity contribution is 9.10. The van der Waals surface area contributed by atoms with E-state index in [-0.39, 0.29) is 5.57 Å². The highest BCUT2D eigenvalue weighted by Crippen LogP contribution is 2.20. The maximum atomic E-state index is 12.4. The number of rotatable bonds is 6. The second-order valence-electron chi connectivity index (χ2n) is 6.12. The van der Waals surface area contributed by atoms with E-state index in [0.29, 0.717) is 28.6 Å². The molecular formula is C23H16BrClN2O2. The lowest BCUT2D eigenvalue weighted by Gasteiger charge is -2.08. The summed E-state index contributed by atoms with van der Waals surface area (Å²) in [6.45, 7) is 0.364. The van der Waals surface area contributed by atoms with Gasteiger partial charge in [-0.3, -0.25) is 4.79 Å². The number of hydrogen-bond donors (Lipinski definition) is 1. The van der Waals surface area contributed by atoms with Gasteiger partial charge in [-0.15, -0.1) is 0 Å². The molecule has 0 saturated heterocycles. The maximum Gasteiger partial charge on any atom is 0.266 e. The van der Waals surface area contributed by atoms with Gasteiger partial charge >= 0.3 is 0 Å². The summed E-state index contributed by atoms with van der Waals surface area (Å²) in [6, 6.07) is 23.7. The van der Waals surface area contributed by atoms with Crippen molar-refractivity contribution < 1.29 is 9.53 Å². The van der Waals surface area contributed by atoms with E-state index in [0.717, 1.165) is 10.0 Å². The lowest BCUT2D eigenvalue weighted by molar-refractivity contribution is -0.112. The Morgan fingerprint density at radius 2 is 1.86 bits per heavy atom. The predicted octanol–water partition coefficient (Wildman–Crippen LogP) is 6.23. The molecule has 0 unspecified atom stereocenters. The Bertz CT molecular complexity index is 1090. The topological polar surface area (TPSA) is 62.1 Å². The van der Waals surface area contributed by atoms with Crippen molar-refractivity contribution in [2.45, 2.75) is 6.61 Å². The van der Waals surface area contributed by atoms with Crippen LogP contribution in [0.25, 0.3) is 6.08 Å². The Kier molecular flexibility index (Phi) is 7.07. The second-order valence-corrected chi connectivity index (χ2v) is 7.47. The Morgan fingerprint density at radius 1 is 1.10 bits per heavy atom. The van der Waals surface area contributed by atoms with Gasteiger partial charge in [0.2, 0.25) is 0 Å². The zero-order valence-corrected chi connectivity index (χ0v) is 17.6. The summed E-state index contributed by atoms with van der Waals surface area (Å²) in [5.74, 6) is 0.157. The van der Waals surface area contributed by atoms with Gasteiger partial charge in [-0.1, -0.05) is 51.8 Å². The average molecular weight is 468 g/mol. The van der Waals surface area contributed by atoms with E-state index in [1.54, 1.807) is 36.4 Å². The summed E-state index contributed by atoms with van der Waals surface area (Å²) in [5, 5.41) is 12.8. The Labute approximate surface area is 182 Å². The fraction of sp³-hybridized carbons (Fsp3) is 0.0435. The van der Waals surface area contributed by atoms with Crippen molar-refractivity contribution in [3.8, 4) is 11.8 Å². The van der Waals surface area contributed by atoms with Crippen molar-refractivity contribution in [1.82, 2.24) is 0 Å². The van der Waals surface area contributed by atoms with Crippen LogP contribution in [0.4, 0.5) is 5.69 Å². The molecule has 29 heavy (non-hydrogen) atoms. The van der Waals surface area contributed by atoms with Crippen LogP contribution in [0, 0.1) is 11.3 Å². The fourth-order valence-corrected chi connectivity index (χ4v) is 3.01.